The molecule has 2 N–H and O–H groups in total. The second kappa shape index (κ2) is 4.65. The minimum absolute atomic E-state index is 0.0309. The Kier molecular flexibility index (Phi) is 3.19. The first-order chi connectivity index (χ1) is 8.53. The maximum atomic E-state index is 12.1. The first kappa shape index (κ1) is 12.4. The van der Waals surface area contributed by atoms with Crippen molar-refractivity contribution in [1.82, 2.24) is 9.97 Å². The topological polar surface area (TPSA) is 97.1 Å². The second-order valence-corrected chi connectivity index (χ2v) is 5.17. The molecule has 18 heavy (non-hydrogen) atoms. The number of aryl methyl sites for hydroxylation is 1. The van der Waals surface area contributed by atoms with E-state index in [0.29, 0.717) is 11.4 Å². The third-order valence-electron chi connectivity index (χ3n) is 2.18. The Balaban J connectivity index is 2.36. The molecular weight excluding hydrogens is 256 g/mol. The number of nitrogens with zero attached hydrogens (tertiary/aromatic N) is 2. The number of oxazole rings is 1. The van der Waals surface area contributed by atoms with Crippen LogP contribution in [-0.2, 0) is 10.0 Å². The van der Waals surface area contributed by atoms with Crippen LogP contribution in [0.4, 0.5) is 11.7 Å². The third-order valence-corrected chi connectivity index (χ3v) is 3.53. The summed E-state index contributed by atoms with van der Waals surface area (Å²) in [4.78, 5) is 7.71. The molecule has 0 spiro atoms. The number of anilines is 2. The van der Waals surface area contributed by atoms with Gasteiger partial charge in [0.1, 0.15) is 11.2 Å². The number of sulfonamides is 1. The van der Waals surface area contributed by atoms with Crippen molar-refractivity contribution in [3.63, 3.8) is 0 Å². The van der Waals surface area contributed by atoms with Crippen LogP contribution >= 0.6 is 0 Å². The molecule has 2 aromatic rings. The van der Waals surface area contributed by atoms with Crippen LogP contribution in [0.1, 0.15) is 5.69 Å². The summed E-state index contributed by atoms with van der Waals surface area (Å²) >= 11 is 0. The Labute approximate surface area is 104 Å². The van der Waals surface area contributed by atoms with Gasteiger partial charge in [0.05, 0.1) is 11.4 Å². The van der Waals surface area contributed by atoms with Crippen LogP contribution < -0.4 is 10.0 Å². The van der Waals surface area contributed by atoms with E-state index >= 15 is 0 Å². The molecule has 0 aromatic carbocycles. The van der Waals surface area contributed by atoms with Gasteiger partial charge in [0.15, 0.2) is 0 Å². The number of rotatable bonds is 4. The zero-order valence-electron chi connectivity index (χ0n) is 9.84. The van der Waals surface area contributed by atoms with Gasteiger partial charge in [0.2, 0.25) is 0 Å². The SMILES string of the molecule is CNc1ccncc1S(=O)(=O)Nc1nc(C)co1. The van der Waals surface area contributed by atoms with Gasteiger partial charge in [0, 0.05) is 19.4 Å². The van der Waals surface area contributed by atoms with Crippen LogP contribution in [0.15, 0.2) is 34.0 Å². The largest absolute Gasteiger partial charge is 0.431 e. The van der Waals surface area contributed by atoms with E-state index in [1.54, 1.807) is 20.0 Å². The molecule has 2 heterocycles. The quantitative estimate of drug-likeness (QED) is 0.865. The summed E-state index contributed by atoms with van der Waals surface area (Å²) in [7, 11) is -2.15. The molecule has 8 heteroatoms. The first-order valence-corrected chi connectivity index (χ1v) is 6.58. The standard InChI is InChI=1S/C10H12N4O3S/c1-7-6-17-10(13-7)14-18(15,16)9-5-12-4-3-8(9)11-2/h3-6H,1-2H3,(H,11,12)(H,13,14). The molecule has 0 amide bonds. The molecule has 0 saturated heterocycles. The molecule has 7 nitrogen and oxygen atoms in total. The van der Waals surface area contributed by atoms with Crippen molar-refractivity contribution >= 4 is 21.7 Å². The summed E-state index contributed by atoms with van der Waals surface area (Å²) in [5, 5.41) is 2.78. The number of nitrogens with one attached hydrogen (secondary N) is 2. The maximum absolute atomic E-state index is 12.1. The van der Waals surface area contributed by atoms with Crippen molar-refractivity contribution in [2.24, 2.45) is 0 Å². The number of hydrogen-bond acceptors (Lipinski definition) is 6. The molecule has 0 saturated carbocycles. The lowest BCUT2D eigenvalue weighted by Crippen LogP contribution is -2.15. The normalized spacial score (nSPS) is 11.2. The van der Waals surface area contributed by atoms with E-state index in [9.17, 15) is 8.42 Å². The van der Waals surface area contributed by atoms with Crippen LogP contribution in [-0.4, -0.2) is 25.4 Å². The second-order valence-electron chi connectivity index (χ2n) is 3.52. The Morgan fingerprint density at radius 3 is 2.78 bits per heavy atom. The van der Waals surface area contributed by atoms with E-state index in [-0.39, 0.29) is 10.9 Å². The van der Waals surface area contributed by atoms with Crippen LogP contribution in [0.2, 0.25) is 0 Å². The minimum atomic E-state index is -3.77. The van der Waals surface area contributed by atoms with Gasteiger partial charge in [0.25, 0.3) is 10.0 Å². The molecule has 0 bridgehead atoms. The molecule has 0 aliphatic rings. The van der Waals surface area contributed by atoms with Crippen molar-refractivity contribution in [3.8, 4) is 0 Å². The highest BCUT2D eigenvalue weighted by Gasteiger charge is 2.20. The summed E-state index contributed by atoms with van der Waals surface area (Å²) in [6.07, 6.45) is 4.12. The maximum Gasteiger partial charge on any atom is 0.309 e. The highest BCUT2D eigenvalue weighted by atomic mass is 32.2. The molecule has 0 aliphatic carbocycles. The Morgan fingerprint density at radius 1 is 1.39 bits per heavy atom. The van der Waals surface area contributed by atoms with Gasteiger partial charge >= 0.3 is 6.01 Å². The lowest BCUT2D eigenvalue weighted by Gasteiger charge is -2.08. The van der Waals surface area contributed by atoms with Crippen LogP contribution in [0, 0.1) is 6.92 Å². The third kappa shape index (κ3) is 2.43. The molecule has 2 rings (SSSR count). The molecule has 0 radical (unpaired) electrons. The van der Waals surface area contributed by atoms with Crippen molar-refractivity contribution in [3.05, 3.63) is 30.4 Å². The van der Waals surface area contributed by atoms with E-state index in [2.05, 4.69) is 20.0 Å². The lowest BCUT2D eigenvalue weighted by molar-refractivity contribution is 0.569. The lowest BCUT2D eigenvalue weighted by atomic mass is 10.4. The molecule has 0 fully saturated rings. The first-order valence-electron chi connectivity index (χ1n) is 5.09. The van der Waals surface area contributed by atoms with E-state index < -0.39 is 10.0 Å². The summed E-state index contributed by atoms with van der Waals surface area (Å²) in [5.41, 5.74) is 1.04. The zero-order valence-corrected chi connectivity index (χ0v) is 10.7. The summed E-state index contributed by atoms with van der Waals surface area (Å²) in [5.74, 6) is 0. The Bertz CT molecular complexity index is 651. The monoisotopic (exact) mass is 268 g/mol. The van der Waals surface area contributed by atoms with Gasteiger partial charge in [-0.15, -0.1) is 0 Å². The summed E-state index contributed by atoms with van der Waals surface area (Å²) in [6.45, 7) is 1.70. The minimum Gasteiger partial charge on any atom is -0.431 e. The predicted molar refractivity (Wildman–Crippen MR) is 65.8 cm³/mol. The van der Waals surface area contributed by atoms with Crippen molar-refractivity contribution in [2.75, 3.05) is 17.1 Å². The van der Waals surface area contributed by atoms with E-state index in [4.69, 9.17) is 4.42 Å². The fourth-order valence-electron chi connectivity index (χ4n) is 1.37. The number of pyridine rings is 1. The van der Waals surface area contributed by atoms with Gasteiger partial charge < -0.3 is 9.73 Å². The van der Waals surface area contributed by atoms with Gasteiger partial charge in [-0.3, -0.25) is 4.98 Å². The Hall–Kier alpha value is -2.09. The molecule has 2 aromatic heterocycles. The predicted octanol–water partition coefficient (Wildman–Crippen LogP) is 1.22. The van der Waals surface area contributed by atoms with Gasteiger partial charge in [-0.1, -0.05) is 0 Å². The summed E-state index contributed by atoms with van der Waals surface area (Å²) < 4.78 is 31.4. The highest BCUT2D eigenvalue weighted by molar-refractivity contribution is 7.92. The summed E-state index contributed by atoms with van der Waals surface area (Å²) in [6, 6.07) is 1.49. The van der Waals surface area contributed by atoms with E-state index in [1.165, 1.54) is 18.7 Å². The van der Waals surface area contributed by atoms with Crippen LogP contribution in [0.5, 0.6) is 0 Å². The highest BCUT2D eigenvalue weighted by Crippen LogP contribution is 2.21. The molecular formula is C10H12N4O3S. The average Bonchev–Trinajstić information content (AvgIpc) is 2.74. The number of hydrogen-bond donors (Lipinski definition) is 2. The van der Waals surface area contributed by atoms with Crippen molar-refractivity contribution in [2.45, 2.75) is 11.8 Å². The van der Waals surface area contributed by atoms with Crippen LogP contribution in [0.3, 0.4) is 0 Å². The van der Waals surface area contributed by atoms with Crippen LogP contribution in [0.25, 0.3) is 0 Å². The smallest absolute Gasteiger partial charge is 0.309 e. The van der Waals surface area contributed by atoms with Gasteiger partial charge in [-0.25, -0.2) is 13.1 Å². The number of aromatic nitrogens is 2. The zero-order chi connectivity index (χ0) is 13.2. The Morgan fingerprint density at radius 2 is 2.17 bits per heavy atom. The molecule has 0 unspecified atom stereocenters. The molecule has 96 valence electrons. The fourth-order valence-corrected chi connectivity index (χ4v) is 2.46. The molecule has 0 atom stereocenters. The van der Waals surface area contributed by atoms with E-state index in [0.717, 1.165) is 0 Å². The van der Waals surface area contributed by atoms with Gasteiger partial charge in [-0.05, 0) is 13.0 Å². The van der Waals surface area contributed by atoms with Gasteiger partial charge in [-0.2, -0.15) is 4.98 Å². The molecule has 0 aliphatic heterocycles. The van der Waals surface area contributed by atoms with Crippen molar-refractivity contribution in [1.29, 1.82) is 0 Å². The average molecular weight is 268 g/mol. The fraction of sp³-hybridized carbons (Fsp3) is 0.200. The van der Waals surface area contributed by atoms with Crippen molar-refractivity contribution < 1.29 is 12.8 Å². The van der Waals surface area contributed by atoms with E-state index in [1.807, 2.05) is 0 Å².